The van der Waals surface area contributed by atoms with Gasteiger partial charge in [0, 0.05) is 11.6 Å². The van der Waals surface area contributed by atoms with E-state index in [1.54, 1.807) is 4.90 Å². The second-order valence-electron chi connectivity index (χ2n) is 7.43. The van der Waals surface area contributed by atoms with Crippen LogP contribution in [-0.2, 0) is 17.1 Å². The quantitative estimate of drug-likeness (QED) is 0.541. The zero-order valence-corrected chi connectivity index (χ0v) is 16.7. The van der Waals surface area contributed by atoms with Crippen LogP contribution in [-0.4, -0.2) is 29.1 Å². The Hall–Kier alpha value is -2.26. The minimum atomic E-state index is -4.64. The van der Waals surface area contributed by atoms with E-state index in [1.165, 1.54) is 12.1 Å². The van der Waals surface area contributed by atoms with Crippen LogP contribution in [0.5, 0.6) is 0 Å². The van der Waals surface area contributed by atoms with E-state index in [0.29, 0.717) is 24.9 Å². The summed E-state index contributed by atoms with van der Waals surface area (Å²) in [5.74, 6) is -1.78. The number of benzene rings is 2. The summed E-state index contributed by atoms with van der Waals surface area (Å²) >= 11 is 6.22. The summed E-state index contributed by atoms with van der Waals surface area (Å²) in [6.07, 6.45) is -8.33. The van der Waals surface area contributed by atoms with Gasteiger partial charge < -0.3 is 5.11 Å². The van der Waals surface area contributed by atoms with Crippen molar-refractivity contribution in [2.75, 3.05) is 13.1 Å². The lowest BCUT2D eigenvalue weighted by Gasteiger charge is -2.38. The first-order valence-corrected chi connectivity index (χ1v) is 9.76. The average Bonchev–Trinajstić information content (AvgIpc) is 2.68. The largest absolute Gasteiger partial charge is 0.481 e. The first-order chi connectivity index (χ1) is 14.4. The summed E-state index contributed by atoms with van der Waals surface area (Å²) < 4.78 is 78.8. The van der Waals surface area contributed by atoms with Gasteiger partial charge >= 0.3 is 18.3 Å². The van der Waals surface area contributed by atoms with Gasteiger partial charge in [0.25, 0.3) is 0 Å². The Balaban J connectivity index is 2.10. The summed E-state index contributed by atoms with van der Waals surface area (Å²) in [5, 5.41) is 9.39. The molecule has 0 aliphatic carbocycles. The van der Waals surface area contributed by atoms with Gasteiger partial charge in [0.05, 0.1) is 23.1 Å². The van der Waals surface area contributed by atoms with E-state index in [-0.39, 0.29) is 17.1 Å². The molecule has 1 heterocycles. The van der Waals surface area contributed by atoms with Crippen molar-refractivity contribution in [3.8, 4) is 0 Å². The molecule has 0 spiro atoms. The maximum Gasteiger partial charge on any atom is 0.416 e. The van der Waals surface area contributed by atoms with Crippen LogP contribution in [0.2, 0.25) is 5.02 Å². The highest BCUT2D eigenvalue weighted by atomic mass is 35.5. The molecule has 0 amide bonds. The van der Waals surface area contributed by atoms with Gasteiger partial charge in [-0.3, -0.25) is 9.69 Å². The standard InChI is InChI=1S/C21H18ClF6NO2/c22-17-8-7-15(21(26,27)28)10-16(17)18(29-9-1-2-13(11-29)19(30)31)12-3-5-14(6-4-12)20(23,24)25/h3-8,10,13,18H,1-2,9,11H2,(H,30,31). The zero-order chi connectivity index (χ0) is 23.0. The van der Waals surface area contributed by atoms with Crippen molar-refractivity contribution in [3.05, 3.63) is 69.7 Å². The topological polar surface area (TPSA) is 40.5 Å². The van der Waals surface area contributed by atoms with E-state index in [4.69, 9.17) is 11.6 Å². The number of hydrogen-bond donors (Lipinski definition) is 1. The van der Waals surface area contributed by atoms with Crippen molar-refractivity contribution in [2.45, 2.75) is 31.2 Å². The van der Waals surface area contributed by atoms with Gasteiger partial charge in [0.15, 0.2) is 0 Å². The van der Waals surface area contributed by atoms with E-state index >= 15 is 0 Å². The summed E-state index contributed by atoms with van der Waals surface area (Å²) in [6.45, 7) is 0.398. The number of piperidine rings is 1. The normalized spacial score (nSPS) is 19.3. The Morgan fingerprint density at radius 1 is 1.00 bits per heavy atom. The maximum atomic E-state index is 13.3. The molecule has 1 fully saturated rings. The van der Waals surface area contributed by atoms with Crippen molar-refractivity contribution in [3.63, 3.8) is 0 Å². The fraction of sp³-hybridized carbons (Fsp3) is 0.381. The molecule has 1 saturated heterocycles. The van der Waals surface area contributed by atoms with Crippen molar-refractivity contribution in [1.29, 1.82) is 0 Å². The van der Waals surface area contributed by atoms with Crippen LogP contribution >= 0.6 is 11.6 Å². The van der Waals surface area contributed by atoms with E-state index in [2.05, 4.69) is 0 Å². The van der Waals surface area contributed by atoms with Crippen LogP contribution < -0.4 is 0 Å². The average molecular weight is 466 g/mol. The highest BCUT2D eigenvalue weighted by Gasteiger charge is 2.36. The van der Waals surface area contributed by atoms with Gasteiger partial charge in [0.1, 0.15) is 0 Å². The summed E-state index contributed by atoms with van der Waals surface area (Å²) in [7, 11) is 0. The summed E-state index contributed by atoms with van der Waals surface area (Å²) in [5.41, 5.74) is -1.50. The third-order valence-electron chi connectivity index (χ3n) is 5.34. The van der Waals surface area contributed by atoms with Crippen LogP contribution in [0.15, 0.2) is 42.5 Å². The van der Waals surface area contributed by atoms with Crippen LogP contribution in [0.25, 0.3) is 0 Å². The van der Waals surface area contributed by atoms with Crippen LogP contribution in [0.1, 0.15) is 41.1 Å². The molecule has 0 saturated carbocycles. The Bertz CT molecular complexity index is 942. The highest BCUT2D eigenvalue weighted by molar-refractivity contribution is 6.31. The molecule has 2 aromatic rings. The lowest BCUT2D eigenvalue weighted by atomic mass is 9.90. The van der Waals surface area contributed by atoms with Crippen LogP contribution in [0.4, 0.5) is 26.3 Å². The van der Waals surface area contributed by atoms with E-state index in [1.807, 2.05) is 0 Å². The Morgan fingerprint density at radius 3 is 2.13 bits per heavy atom. The van der Waals surface area contributed by atoms with Crippen molar-refractivity contribution < 1.29 is 36.2 Å². The lowest BCUT2D eigenvalue weighted by molar-refractivity contribution is -0.144. The minimum absolute atomic E-state index is 0.00958. The predicted molar refractivity (Wildman–Crippen MR) is 102 cm³/mol. The molecule has 1 aliphatic rings. The zero-order valence-electron chi connectivity index (χ0n) is 16.0. The van der Waals surface area contributed by atoms with Gasteiger partial charge in [0.2, 0.25) is 0 Å². The number of hydrogen-bond acceptors (Lipinski definition) is 2. The van der Waals surface area contributed by atoms with Gasteiger partial charge in [-0.15, -0.1) is 0 Å². The van der Waals surface area contributed by atoms with Crippen LogP contribution in [0, 0.1) is 5.92 Å². The van der Waals surface area contributed by atoms with E-state index in [0.717, 1.165) is 30.3 Å². The lowest BCUT2D eigenvalue weighted by Crippen LogP contribution is -2.41. The van der Waals surface area contributed by atoms with Gasteiger partial charge in [-0.2, -0.15) is 26.3 Å². The van der Waals surface area contributed by atoms with Gasteiger partial charge in [-0.1, -0.05) is 23.7 Å². The van der Waals surface area contributed by atoms with Gasteiger partial charge in [-0.25, -0.2) is 0 Å². The molecule has 168 valence electrons. The van der Waals surface area contributed by atoms with Crippen molar-refractivity contribution in [2.24, 2.45) is 5.92 Å². The second kappa shape index (κ2) is 8.70. The Morgan fingerprint density at radius 2 is 1.58 bits per heavy atom. The molecule has 31 heavy (non-hydrogen) atoms. The first-order valence-electron chi connectivity index (χ1n) is 9.38. The molecule has 3 nitrogen and oxygen atoms in total. The second-order valence-corrected chi connectivity index (χ2v) is 7.84. The number of likely N-dealkylation sites (tertiary alicyclic amines) is 1. The number of nitrogens with zero attached hydrogens (tertiary/aromatic N) is 1. The molecular weight excluding hydrogens is 448 g/mol. The van der Waals surface area contributed by atoms with E-state index in [9.17, 15) is 36.2 Å². The molecule has 10 heteroatoms. The van der Waals surface area contributed by atoms with Crippen LogP contribution in [0.3, 0.4) is 0 Å². The Kier molecular flexibility index (Phi) is 6.57. The number of aliphatic carboxylic acids is 1. The molecule has 2 aromatic carbocycles. The molecule has 0 radical (unpaired) electrons. The maximum absolute atomic E-state index is 13.3. The third-order valence-corrected chi connectivity index (χ3v) is 5.68. The molecule has 2 unspecified atom stereocenters. The Labute approximate surface area is 179 Å². The number of halogens is 7. The number of carboxylic acid groups (broad SMARTS) is 1. The fourth-order valence-corrected chi connectivity index (χ4v) is 4.03. The molecule has 1 aliphatic heterocycles. The first kappa shape index (κ1) is 23.4. The SMILES string of the molecule is O=C(O)C1CCCN(C(c2ccc(C(F)(F)F)cc2)c2cc(C(F)(F)F)ccc2Cl)C1. The third kappa shape index (κ3) is 5.33. The number of alkyl halides is 6. The monoisotopic (exact) mass is 465 g/mol. The number of carbonyl (C=O) groups is 1. The molecule has 2 atom stereocenters. The summed E-state index contributed by atoms with van der Waals surface area (Å²) in [6, 6.07) is 5.93. The van der Waals surface area contributed by atoms with Crippen molar-refractivity contribution >= 4 is 17.6 Å². The molecule has 0 aromatic heterocycles. The molecule has 0 bridgehead atoms. The number of rotatable bonds is 4. The van der Waals surface area contributed by atoms with E-state index < -0.39 is 41.4 Å². The molecular formula is C21H18ClF6NO2. The summed E-state index contributed by atoms with van der Waals surface area (Å²) in [4.78, 5) is 13.1. The minimum Gasteiger partial charge on any atom is -0.481 e. The van der Waals surface area contributed by atoms with Gasteiger partial charge in [-0.05, 0) is 60.8 Å². The predicted octanol–water partition coefficient (Wildman–Crippen LogP) is 6.26. The smallest absolute Gasteiger partial charge is 0.416 e. The highest BCUT2D eigenvalue weighted by Crippen LogP contribution is 2.40. The molecule has 1 N–H and O–H groups in total. The molecule has 3 rings (SSSR count). The van der Waals surface area contributed by atoms with Crippen molar-refractivity contribution in [1.82, 2.24) is 4.90 Å². The number of carboxylic acids is 1. The fourth-order valence-electron chi connectivity index (χ4n) is 3.81.